The molecule has 0 aromatic carbocycles. The summed E-state index contributed by atoms with van der Waals surface area (Å²) in [5.41, 5.74) is -0.666. The van der Waals surface area contributed by atoms with Gasteiger partial charge in [0, 0.05) is 120 Å². The average molecular weight is 1280 g/mol. The number of ketones is 5. The minimum Gasteiger partial charge on any atom is -0.394 e. The molecule has 0 aliphatic carbocycles. The average Bonchev–Trinajstić information content (AvgIpc) is 3.38. The molecular formula is C64H113NO24. The topological polar surface area (TPSA) is 380 Å². The third-order valence-corrected chi connectivity index (χ3v) is 16.9. The second kappa shape index (κ2) is 46.2. The summed E-state index contributed by atoms with van der Waals surface area (Å²) in [5.74, 6) is -1.18. The van der Waals surface area contributed by atoms with E-state index in [4.69, 9.17) is 42.6 Å². The summed E-state index contributed by atoms with van der Waals surface area (Å²) in [6, 6.07) is 0. The van der Waals surface area contributed by atoms with Crippen LogP contribution in [0.15, 0.2) is 0 Å². The fourth-order valence-electron chi connectivity index (χ4n) is 10.7. The Labute approximate surface area is 526 Å². The van der Waals surface area contributed by atoms with Crippen molar-refractivity contribution in [2.75, 3.05) is 85.8 Å². The van der Waals surface area contributed by atoms with E-state index in [0.29, 0.717) is 142 Å². The monoisotopic (exact) mass is 1280 g/mol. The zero-order valence-electron chi connectivity index (χ0n) is 53.7. The molecule has 0 aromatic heterocycles. The van der Waals surface area contributed by atoms with Crippen molar-refractivity contribution >= 4 is 34.8 Å². The van der Waals surface area contributed by atoms with Crippen molar-refractivity contribution in [3.05, 3.63) is 0 Å². The van der Waals surface area contributed by atoms with Gasteiger partial charge in [-0.25, -0.2) is 0 Å². The number of carbonyl (C=O) groups is 6. The molecule has 3 saturated heterocycles. The first-order valence-electron chi connectivity index (χ1n) is 33.0. The fourth-order valence-corrected chi connectivity index (χ4v) is 10.7. The maximum atomic E-state index is 12.8. The second-order valence-electron chi connectivity index (χ2n) is 25.0. The lowest BCUT2D eigenvalue weighted by Crippen LogP contribution is -2.55. The van der Waals surface area contributed by atoms with Gasteiger partial charge in [-0.1, -0.05) is 40.5 Å². The highest BCUT2D eigenvalue weighted by molar-refractivity contribution is 5.80. The number of amides is 1. The number of ether oxygens (including phenoxy) is 9. The molecule has 0 radical (unpaired) electrons. The highest BCUT2D eigenvalue weighted by Crippen LogP contribution is 2.30. The molecule has 3 rings (SSSR count). The van der Waals surface area contributed by atoms with Gasteiger partial charge in [-0.2, -0.15) is 0 Å². The van der Waals surface area contributed by atoms with Crippen LogP contribution in [0.2, 0.25) is 0 Å². The molecular weight excluding hydrogens is 1170 g/mol. The molecule has 0 spiro atoms. The quantitative estimate of drug-likeness (QED) is 0.0391. The van der Waals surface area contributed by atoms with Crippen molar-refractivity contribution in [3.8, 4) is 0 Å². The molecule has 1 amide bonds. The van der Waals surface area contributed by atoms with E-state index in [0.717, 1.165) is 12.8 Å². The van der Waals surface area contributed by atoms with E-state index in [1.54, 1.807) is 20.8 Å². The Bertz CT molecular complexity index is 1750. The van der Waals surface area contributed by atoms with Gasteiger partial charge in [0.05, 0.1) is 77.8 Å². The molecule has 0 saturated carbocycles. The summed E-state index contributed by atoms with van der Waals surface area (Å²) in [6.45, 7) is 8.12. The molecule has 25 nitrogen and oxygen atoms in total. The number of Topliss-reactive ketones (excluding diaryl/α,β-unsaturated/α-hetero) is 5. The minimum atomic E-state index is -1.20. The lowest BCUT2D eigenvalue weighted by Gasteiger charge is -2.40. The number of carbonyl (C=O) groups excluding carboxylic acids is 6. The van der Waals surface area contributed by atoms with Crippen LogP contribution in [-0.4, -0.2) is 240 Å². The Morgan fingerprint density at radius 2 is 0.629 bits per heavy atom. The Morgan fingerprint density at radius 1 is 0.360 bits per heavy atom. The third kappa shape index (κ3) is 32.2. The molecule has 0 bridgehead atoms. The molecule has 3 fully saturated rings. The summed E-state index contributed by atoms with van der Waals surface area (Å²) < 4.78 is 51.9. The zero-order chi connectivity index (χ0) is 65.6. The Hall–Kier alpha value is -2.90. The molecule has 15 unspecified atom stereocenters. The van der Waals surface area contributed by atoms with E-state index in [1.807, 2.05) is 6.92 Å². The Morgan fingerprint density at radius 3 is 0.933 bits per heavy atom. The van der Waals surface area contributed by atoms with Gasteiger partial charge in [0.15, 0.2) is 18.9 Å². The lowest BCUT2D eigenvalue weighted by atomic mass is 9.92. The summed E-state index contributed by atoms with van der Waals surface area (Å²) in [5, 5.41) is 91.8. The standard InChI is InChI=1S/C64H113NO24/c1-43-55(75)58(78)51(37-66)87-61(43)84-31-16-12-24-46(69)19-7-5-9-21-48(71)27-34-81-40-64(4,41-82-35-28-49(72)22-10-6-8-20-47(70)25-13-17-32-85-62-44(2)56(76)59(79)52(38-67)88-62)42-83-36-29-50(73)23-11-15-30-65-54(74)26-14-18-33-86-63-45(3)57(77)60(80)53(39-68)89-63/h43-45,51-53,55-63,66-68,75-80H,5-42H2,1-4H3,(H,65,74). The Balaban J connectivity index is 1.29. The predicted molar refractivity (Wildman–Crippen MR) is 323 cm³/mol. The summed E-state index contributed by atoms with van der Waals surface area (Å²) in [4.78, 5) is 75.7. The van der Waals surface area contributed by atoms with Gasteiger partial charge >= 0.3 is 0 Å². The van der Waals surface area contributed by atoms with Gasteiger partial charge < -0.3 is 93.9 Å². The summed E-state index contributed by atoms with van der Waals surface area (Å²) in [7, 11) is 0. The van der Waals surface area contributed by atoms with Crippen molar-refractivity contribution in [2.45, 2.75) is 262 Å². The van der Waals surface area contributed by atoms with Crippen molar-refractivity contribution in [2.24, 2.45) is 23.2 Å². The predicted octanol–water partition coefficient (Wildman–Crippen LogP) is 3.03. The maximum absolute atomic E-state index is 12.8. The van der Waals surface area contributed by atoms with Crippen LogP contribution in [0.1, 0.15) is 188 Å². The number of rotatable bonds is 53. The van der Waals surface area contributed by atoms with Crippen molar-refractivity contribution < 1.29 is 117 Å². The number of unbranched alkanes of at least 4 members (excludes halogenated alkanes) is 8. The van der Waals surface area contributed by atoms with E-state index in [-0.39, 0.29) is 107 Å². The highest BCUT2D eigenvalue weighted by Gasteiger charge is 2.44. The Kier molecular flexibility index (Phi) is 41.7. The van der Waals surface area contributed by atoms with Gasteiger partial charge in [0.25, 0.3) is 0 Å². The van der Waals surface area contributed by atoms with Gasteiger partial charge in [-0.05, 0) is 77.0 Å². The largest absolute Gasteiger partial charge is 0.394 e. The van der Waals surface area contributed by atoms with Gasteiger partial charge in [-0.15, -0.1) is 0 Å². The number of aliphatic hydroxyl groups excluding tert-OH is 9. The first-order chi connectivity index (χ1) is 42.6. The molecule has 89 heavy (non-hydrogen) atoms. The molecule has 3 aliphatic heterocycles. The molecule has 3 aliphatic rings. The highest BCUT2D eigenvalue weighted by atomic mass is 16.7. The smallest absolute Gasteiger partial charge is 0.219 e. The van der Waals surface area contributed by atoms with Gasteiger partial charge in [0.1, 0.15) is 65.5 Å². The number of hydrogen-bond donors (Lipinski definition) is 10. The zero-order valence-corrected chi connectivity index (χ0v) is 53.7. The van der Waals surface area contributed by atoms with Crippen LogP contribution in [-0.2, 0) is 71.4 Å². The normalized spacial score (nSPS) is 27.9. The second-order valence-corrected chi connectivity index (χ2v) is 25.0. The lowest BCUT2D eigenvalue weighted by molar-refractivity contribution is -0.282. The fraction of sp³-hybridized carbons (Fsp3) is 0.906. The van der Waals surface area contributed by atoms with Crippen LogP contribution in [0.3, 0.4) is 0 Å². The van der Waals surface area contributed by atoms with Crippen LogP contribution < -0.4 is 5.32 Å². The maximum Gasteiger partial charge on any atom is 0.219 e. The van der Waals surface area contributed by atoms with E-state index < -0.39 is 117 Å². The number of hydrogen-bond acceptors (Lipinski definition) is 24. The summed E-state index contributed by atoms with van der Waals surface area (Å²) >= 11 is 0. The molecule has 3 heterocycles. The first kappa shape index (κ1) is 80.3. The number of nitrogens with one attached hydrogen (secondary N) is 1. The number of aliphatic hydroxyl groups is 9. The molecule has 518 valence electrons. The van der Waals surface area contributed by atoms with Crippen LogP contribution >= 0.6 is 0 Å². The molecule has 10 N–H and O–H groups in total. The minimum absolute atomic E-state index is 0.0237. The van der Waals surface area contributed by atoms with Crippen molar-refractivity contribution in [3.63, 3.8) is 0 Å². The molecule has 0 aromatic rings. The summed E-state index contributed by atoms with van der Waals surface area (Å²) in [6.07, 6.45) is 0.582. The molecule has 15 atom stereocenters. The van der Waals surface area contributed by atoms with Gasteiger partial charge in [-0.3, -0.25) is 28.8 Å². The third-order valence-electron chi connectivity index (χ3n) is 16.9. The molecule has 25 heteroatoms. The van der Waals surface area contributed by atoms with Crippen molar-refractivity contribution in [1.82, 2.24) is 5.32 Å². The van der Waals surface area contributed by atoms with Crippen LogP contribution in [0.25, 0.3) is 0 Å². The van der Waals surface area contributed by atoms with E-state index in [9.17, 15) is 74.7 Å². The van der Waals surface area contributed by atoms with E-state index >= 15 is 0 Å². The van der Waals surface area contributed by atoms with Gasteiger partial charge in [0.2, 0.25) is 5.91 Å². The van der Waals surface area contributed by atoms with E-state index in [1.165, 1.54) is 0 Å². The first-order valence-corrected chi connectivity index (χ1v) is 33.0. The van der Waals surface area contributed by atoms with Crippen LogP contribution in [0.5, 0.6) is 0 Å². The van der Waals surface area contributed by atoms with E-state index in [2.05, 4.69) is 5.32 Å². The SMILES string of the molecule is CC1C(OCCCCC(=O)CCCCCC(=O)CCOCC(C)(COCCC(=O)CCCCCC(=O)CCCCOC2OC(CO)C(O)C(O)C2C)COCCC(=O)CCCCNC(=O)CCCCOC2OC(CO)C(O)C(O)C2C)OC(CO)C(O)C1O. The van der Waals surface area contributed by atoms with Crippen molar-refractivity contribution in [1.29, 1.82) is 0 Å². The van der Waals surface area contributed by atoms with Crippen LogP contribution in [0.4, 0.5) is 0 Å². The van der Waals surface area contributed by atoms with Crippen LogP contribution in [0, 0.1) is 23.2 Å².